The second-order valence-electron chi connectivity index (χ2n) is 8.35. The first-order valence-corrected chi connectivity index (χ1v) is 12.1. The summed E-state index contributed by atoms with van der Waals surface area (Å²) in [5, 5.41) is 1.80. The summed E-state index contributed by atoms with van der Waals surface area (Å²) in [6.45, 7) is 0.785. The molecule has 0 saturated carbocycles. The quantitative estimate of drug-likeness (QED) is 0.270. The van der Waals surface area contributed by atoms with Crippen LogP contribution in [0.2, 0.25) is 0 Å². The summed E-state index contributed by atoms with van der Waals surface area (Å²) in [7, 11) is 0. The van der Waals surface area contributed by atoms with E-state index in [4.69, 9.17) is 5.73 Å². The second kappa shape index (κ2) is 13.3. The molecule has 0 aromatic heterocycles. The molecule has 0 bridgehead atoms. The number of hydrogen-bond donors (Lipinski definition) is 3. The molecule has 3 rings (SSSR count). The molecule has 3 aromatic rings. The molecule has 0 heterocycles. The van der Waals surface area contributed by atoms with Gasteiger partial charge < -0.3 is 16.0 Å². The van der Waals surface area contributed by atoms with Gasteiger partial charge in [-0.2, -0.15) is 12.6 Å². The molecule has 3 N–H and O–H groups in total. The first-order valence-electron chi connectivity index (χ1n) is 11.6. The predicted octanol–water partition coefficient (Wildman–Crippen LogP) is 2.81. The lowest BCUT2D eigenvalue weighted by molar-refractivity contribution is -0.141. The highest BCUT2D eigenvalue weighted by Gasteiger charge is 2.32. The minimum absolute atomic E-state index is 0.362. The number of carbonyl (C=O) groups is 3. The molecule has 3 aromatic carbocycles. The fraction of sp³-hybridized carbons (Fsp3) is 0.250. The van der Waals surface area contributed by atoms with Crippen molar-refractivity contribution in [3.8, 4) is 0 Å². The molecule has 6 nitrogen and oxygen atoms in total. The third-order valence-electron chi connectivity index (χ3n) is 5.73. The number of benzene rings is 3. The van der Waals surface area contributed by atoms with E-state index in [0.717, 1.165) is 16.7 Å². The number of rotatable bonds is 12. The summed E-state index contributed by atoms with van der Waals surface area (Å²) in [5.74, 6) is -1.92. The summed E-state index contributed by atoms with van der Waals surface area (Å²) in [4.78, 5) is 40.1. The molecule has 3 amide bonds. The summed E-state index contributed by atoms with van der Waals surface area (Å²) >= 11 is 4.39. The third kappa shape index (κ3) is 8.30. The molecule has 2 atom stereocenters. The minimum Gasteiger partial charge on any atom is -0.367 e. The van der Waals surface area contributed by atoms with Gasteiger partial charge in [0, 0.05) is 13.1 Å². The number of primary amides is 1. The van der Waals surface area contributed by atoms with E-state index < -0.39 is 29.0 Å². The van der Waals surface area contributed by atoms with E-state index in [1.807, 2.05) is 91.0 Å². The van der Waals surface area contributed by atoms with E-state index >= 15 is 0 Å². The van der Waals surface area contributed by atoms with E-state index in [0.29, 0.717) is 32.4 Å². The van der Waals surface area contributed by atoms with Gasteiger partial charge in [-0.25, -0.2) is 0 Å². The van der Waals surface area contributed by atoms with Gasteiger partial charge in [-0.3, -0.25) is 14.4 Å². The van der Waals surface area contributed by atoms with Crippen LogP contribution in [0.3, 0.4) is 0 Å². The molecule has 0 spiro atoms. The van der Waals surface area contributed by atoms with Crippen LogP contribution in [0.25, 0.3) is 0 Å². The Balaban J connectivity index is 1.70. The van der Waals surface area contributed by atoms with Gasteiger partial charge in [-0.1, -0.05) is 91.0 Å². The molecule has 0 radical (unpaired) electrons. The Morgan fingerprint density at radius 2 is 1.17 bits per heavy atom. The third-order valence-corrected chi connectivity index (χ3v) is 6.15. The zero-order valence-corrected chi connectivity index (χ0v) is 20.4. The van der Waals surface area contributed by atoms with Crippen molar-refractivity contribution in [2.24, 2.45) is 5.73 Å². The van der Waals surface area contributed by atoms with Gasteiger partial charge in [-0.15, -0.1) is 0 Å². The molecule has 0 saturated heterocycles. The lowest BCUT2D eigenvalue weighted by Gasteiger charge is -2.27. The van der Waals surface area contributed by atoms with Crippen LogP contribution in [0, 0.1) is 0 Å². The normalized spacial score (nSPS) is 12.4. The van der Waals surface area contributed by atoms with E-state index in [2.05, 4.69) is 17.9 Å². The van der Waals surface area contributed by atoms with Crippen LogP contribution >= 0.6 is 12.6 Å². The number of carbonyl (C=O) groups excluding carboxylic acids is 3. The average Bonchev–Trinajstić information content (AvgIpc) is 2.88. The van der Waals surface area contributed by atoms with Crippen LogP contribution in [-0.2, 0) is 33.6 Å². The van der Waals surface area contributed by atoms with Gasteiger partial charge in [0.15, 0.2) is 6.04 Å². The van der Waals surface area contributed by atoms with Crippen LogP contribution < -0.4 is 11.1 Å². The highest BCUT2D eigenvalue weighted by atomic mass is 32.1. The summed E-state index contributed by atoms with van der Waals surface area (Å²) in [6.07, 6.45) is 1.59. The van der Waals surface area contributed by atoms with Crippen molar-refractivity contribution in [3.63, 3.8) is 0 Å². The predicted molar refractivity (Wildman–Crippen MR) is 141 cm³/mol. The SMILES string of the molecule is NC(=O)C(NC(=O)[C@@H](S)Cc1ccccc1)C(=O)N(CCc1ccccc1)CCc1ccccc1. The molecular formula is C28H31N3O3S. The van der Waals surface area contributed by atoms with Gasteiger partial charge >= 0.3 is 0 Å². The highest BCUT2D eigenvalue weighted by Crippen LogP contribution is 2.10. The van der Waals surface area contributed by atoms with Gasteiger partial charge in [0.25, 0.3) is 5.91 Å². The van der Waals surface area contributed by atoms with Crippen molar-refractivity contribution in [2.45, 2.75) is 30.6 Å². The molecule has 1 unspecified atom stereocenters. The zero-order chi connectivity index (χ0) is 25.0. The van der Waals surface area contributed by atoms with Crippen molar-refractivity contribution < 1.29 is 14.4 Å². The van der Waals surface area contributed by atoms with Gasteiger partial charge in [-0.05, 0) is 36.0 Å². The topological polar surface area (TPSA) is 92.5 Å². The second-order valence-corrected chi connectivity index (χ2v) is 8.97. The lowest BCUT2D eigenvalue weighted by atomic mass is 10.1. The van der Waals surface area contributed by atoms with Crippen molar-refractivity contribution in [2.75, 3.05) is 13.1 Å². The maximum Gasteiger partial charge on any atom is 0.254 e. The Hall–Kier alpha value is -3.58. The number of nitrogens with zero attached hydrogens (tertiary/aromatic N) is 1. The van der Waals surface area contributed by atoms with Crippen molar-refractivity contribution in [3.05, 3.63) is 108 Å². The maximum absolute atomic E-state index is 13.4. The molecule has 0 aliphatic heterocycles. The van der Waals surface area contributed by atoms with Crippen LogP contribution in [0.5, 0.6) is 0 Å². The Bertz CT molecular complexity index is 1050. The number of amides is 3. The van der Waals surface area contributed by atoms with Crippen molar-refractivity contribution in [1.82, 2.24) is 10.2 Å². The maximum atomic E-state index is 13.4. The fourth-order valence-corrected chi connectivity index (χ4v) is 4.04. The number of thiol groups is 1. The Kier molecular flexibility index (Phi) is 9.93. The van der Waals surface area contributed by atoms with Crippen LogP contribution in [0.1, 0.15) is 16.7 Å². The van der Waals surface area contributed by atoms with E-state index in [-0.39, 0.29) is 0 Å². The van der Waals surface area contributed by atoms with Gasteiger partial charge in [0.2, 0.25) is 11.8 Å². The molecule has 0 aliphatic rings. The first-order chi connectivity index (χ1) is 16.9. The number of hydrogen-bond acceptors (Lipinski definition) is 4. The standard InChI is InChI=1S/C28H31N3O3S/c29-26(32)25(30-27(33)24(35)20-23-14-8-3-9-15-23)28(34)31(18-16-21-10-4-1-5-11-21)19-17-22-12-6-2-7-13-22/h1-15,24-25,35H,16-20H2,(H2,29,32)(H,30,33)/t24-,25?/m0/s1. The zero-order valence-electron chi connectivity index (χ0n) is 19.5. The van der Waals surface area contributed by atoms with E-state index in [1.54, 1.807) is 4.90 Å². The Morgan fingerprint density at radius 3 is 1.60 bits per heavy atom. The fourth-order valence-electron chi connectivity index (χ4n) is 3.76. The number of nitrogens with two attached hydrogens (primary N) is 1. The monoisotopic (exact) mass is 489 g/mol. The van der Waals surface area contributed by atoms with Crippen molar-refractivity contribution in [1.29, 1.82) is 0 Å². The smallest absolute Gasteiger partial charge is 0.254 e. The first kappa shape index (κ1) is 26.0. The molecule has 182 valence electrons. The summed E-state index contributed by atoms with van der Waals surface area (Å²) < 4.78 is 0. The molecular weight excluding hydrogens is 458 g/mol. The molecule has 7 heteroatoms. The molecule has 35 heavy (non-hydrogen) atoms. The van der Waals surface area contributed by atoms with Crippen molar-refractivity contribution >= 4 is 30.4 Å². The average molecular weight is 490 g/mol. The molecule has 0 aliphatic carbocycles. The summed E-state index contributed by atoms with van der Waals surface area (Å²) in [5.41, 5.74) is 8.64. The number of nitrogens with one attached hydrogen (secondary N) is 1. The highest BCUT2D eigenvalue weighted by molar-refractivity contribution is 7.81. The van der Waals surface area contributed by atoms with Crippen LogP contribution in [-0.4, -0.2) is 47.0 Å². The van der Waals surface area contributed by atoms with E-state index in [9.17, 15) is 14.4 Å². The Morgan fingerprint density at radius 1 is 0.743 bits per heavy atom. The molecule has 0 fully saturated rings. The minimum atomic E-state index is -1.46. The largest absolute Gasteiger partial charge is 0.367 e. The van der Waals surface area contributed by atoms with Crippen LogP contribution in [0.4, 0.5) is 0 Å². The van der Waals surface area contributed by atoms with Crippen LogP contribution in [0.15, 0.2) is 91.0 Å². The van der Waals surface area contributed by atoms with Gasteiger partial charge in [0.05, 0.1) is 5.25 Å². The lowest BCUT2D eigenvalue weighted by Crippen LogP contribution is -2.57. The van der Waals surface area contributed by atoms with Gasteiger partial charge in [0.1, 0.15) is 0 Å². The summed E-state index contributed by atoms with van der Waals surface area (Å²) in [6, 6.07) is 27.6. The van der Waals surface area contributed by atoms with E-state index in [1.165, 1.54) is 0 Å². The Labute approximate surface area is 211 Å².